The van der Waals surface area contributed by atoms with Gasteiger partial charge in [0.2, 0.25) is 0 Å². The Balaban J connectivity index is 1.76. The van der Waals surface area contributed by atoms with E-state index in [1.165, 1.54) is 12.8 Å². The van der Waals surface area contributed by atoms with Gasteiger partial charge in [0.05, 0.1) is 12.2 Å². The Morgan fingerprint density at radius 1 is 1.38 bits per heavy atom. The Kier molecular flexibility index (Phi) is 4.38. The third kappa shape index (κ3) is 2.65. The molecule has 4 unspecified atom stereocenters. The van der Waals surface area contributed by atoms with E-state index in [4.69, 9.17) is 9.47 Å². The molecule has 16 heavy (non-hydrogen) atoms. The number of allylic oxidation sites excluding steroid dienone is 1. The minimum Gasteiger partial charge on any atom is -0.377 e. The first-order chi connectivity index (χ1) is 7.85. The molecule has 0 radical (unpaired) electrons. The van der Waals surface area contributed by atoms with Crippen molar-refractivity contribution in [3.05, 3.63) is 12.2 Å². The van der Waals surface area contributed by atoms with Crippen LogP contribution in [0.5, 0.6) is 0 Å². The molecule has 0 spiro atoms. The van der Waals surface area contributed by atoms with Gasteiger partial charge in [-0.2, -0.15) is 0 Å². The van der Waals surface area contributed by atoms with Crippen molar-refractivity contribution >= 4 is 0 Å². The highest BCUT2D eigenvalue weighted by Crippen LogP contribution is 2.28. The molecule has 1 saturated carbocycles. The van der Waals surface area contributed by atoms with E-state index in [1.54, 1.807) is 7.11 Å². The van der Waals surface area contributed by atoms with Crippen molar-refractivity contribution in [2.45, 2.75) is 56.9 Å². The first kappa shape index (κ1) is 12.1. The number of nitrogens with one attached hydrogen (secondary N) is 1. The van der Waals surface area contributed by atoms with Gasteiger partial charge in [-0.05, 0) is 32.6 Å². The first-order valence-electron chi connectivity index (χ1n) is 6.40. The molecular weight excluding hydrogens is 202 g/mol. The second-order valence-electron chi connectivity index (χ2n) is 4.68. The predicted octanol–water partition coefficient (Wildman–Crippen LogP) is 1.88. The summed E-state index contributed by atoms with van der Waals surface area (Å²) in [6.07, 6.45) is 9.80. The number of hydrogen-bond acceptors (Lipinski definition) is 3. The van der Waals surface area contributed by atoms with Crippen LogP contribution in [0, 0.1) is 0 Å². The van der Waals surface area contributed by atoms with Gasteiger partial charge in [-0.25, -0.2) is 0 Å². The van der Waals surface area contributed by atoms with Gasteiger partial charge in [0.1, 0.15) is 0 Å². The van der Waals surface area contributed by atoms with E-state index in [0.29, 0.717) is 18.2 Å². The molecule has 2 aliphatic carbocycles. The number of hydrogen-bond donors (Lipinski definition) is 1. The van der Waals surface area contributed by atoms with Crippen molar-refractivity contribution in [3.8, 4) is 0 Å². The predicted molar refractivity (Wildman–Crippen MR) is 64.5 cm³/mol. The molecule has 0 heterocycles. The van der Waals surface area contributed by atoms with Gasteiger partial charge in [-0.15, -0.1) is 0 Å². The summed E-state index contributed by atoms with van der Waals surface area (Å²) < 4.78 is 11.1. The maximum atomic E-state index is 5.62. The SMILES string of the molecule is CCOC1CC(NC2CC=CCC2)C1OC. The van der Waals surface area contributed by atoms with E-state index in [-0.39, 0.29) is 6.10 Å². The van der Waals surface area contributed by atoms with E-state index in [0.717, 1.165) is 19.4 Å². The zero-order valence-corrected chi connectivity index (χ0v) is 10.3. The fourth-order valence-electron chi connectivity index (χ4n) is 2.69. The molecule has 0 bridgehead atoms. The Hall–Kier alpha value is -0.380. The highest BCUT2D eigenvalue weighted by molar-refractivity contribution is 5.01. The topological polar surface area (TPSA) is 30.5 Å². The van der Waals surface area contributed by atoms with Crippen molar-refractivity contribution in [3.63, 3.8) is 0 Å². The van der Waals surface area contributed by atoms with Crippen LogP contribution < -0.4 is 5.32 Å². The Morgan fingerprint density at radius 2 is 2.25 bits per heavy atom. The summed E-state index contributed by atoms with van der Waals surface area (Å²) in [5, 5.41) is 3.69. The summed E-state index contributed by atoms with van der Waals surface area (Å²) in [6, 6.07) is 1.12. The molecule has 1 fully saturated rings. The van der Waals surface area contributed by atoms with Crippen LogP contribution in [0.25, 0.3) is 0 Å². The summed E-state index contributed by atoms with van der Waals surface area (Å²) in [5.74, 6) is 0. The lowest BCUT2D eigenvalue weighted by Crippen LogP contribution is -2.61. The minimum absolute atomic E-state index is 0.242. The second kappa shape index (κ2) is 5.80. The molecular formula is C13H23NO2. The average molecular weight is 225 g/mol. The Labute approximate surface area is 98.2 Å². The number of rotatable bonds is 5. The summed E-state index contributed by atoms with van der Waals surface area (Å²) >= 11 is 0. The zero-order chi connectivity index (χ0) is 11.4. The van der Waals surface area contributed by atoms with Gasteiger partial charge in [0.15, 0.2) is 0 Å². The lowest BCUT2D eigenvalue weighted by atomic mass is 9.84. The molecule has 0 aliphatic heterocycles. The molecule has 0 amide bonds. The minimum atomic E-state index is 0.242. The molecule has 2 rings (SSSR count). The summed E-state index contributed by atoms with van der Waals surface area (Å²) in [6.45, 7) is 2.82. The largest absolute Gasteiger partial charge is 0.377 e. The van der Waals surface area contributed by atoms with Crippen LogP contribution in [0.3, 0.4) is 0 Å². The quantitative estimate of drug-likeness (QED) is 0.725. The Bertz CT molecular complexity index is 242. The number of ether oxygens (including phenoxy) is 2. The molecule has 0 aromatic carbocycles. The maximum Gasteiger partial charge on any atom is 0.0986 e. The van der Waals surface area contributed by atoms with Crippen molar-refractivity contribution in [1.82, 2.24) is 5.32 Å². The third-order valence-corrected chi connectivity index (χ3v) is 3.62. The van der Waals surface area contributed by atoms with E-state index in [1.807, 2.05) is 6.92 Å². The van der Waals surface area contributed by atoms with E-state index in [2.05, 4.69) is 17.5 Å². The van der Waals surface area contributed by atoms with Gasteiger partial charge in [0.25, 0.3) is 0 Å². The summed E-state index contributed by atoms with van der Waals surface area (Å²) in [7, 11) is 1.78. The standard InChI is InChI=1S/C13H23NO2/c1-3-16-12-9-11(13(12)15-2)14-10-7-5-4-6-8-10/h4-5,10-14H,3,6-9H2,1-2H3. The molecule has 1 N–H and O–H groups in total. The third-order valence-electron chi connectivity index (χ3n) is 3.62. The smallest absolute Gasteiger partial charge is 0.0986 e. The van der Waals surface area contributed by atoms with Gasteiger partial charge >= 0.3 is 0 Å². The van der Waals surface area contributed by atoms with Crippen LogP contribution >= 0.6 is 0 Å². The van der Waals surface area contributed by atoms with Crippen molar-refractivity contribution in [1.29, 1.82) is 0 Å². The van der Waals surface area contributed by atoms with Crippen LogP contribution in [0.4, 0.5) is 0 Å². The van der Waals surface area contributed by atoms with Crippen molar-refractivity contribution < 1.29 is 9.47 Å². The molecule has 92 valence electrons. The monoisotopic (exact) mass is 225 g/mol. The molecule has 0 aromatic heterocycles. The van der Waals surface area contributed by atoms with Crippen LogP contribution in [0.2, 0.25) is 0 Å². The van der Waals surface area contributed by atoms with Crippen LogP contribution in [-0.4, -0.2) is 38.0 Å². The number of methoxy groups -OCH3 is 1. The summed E-state index contributed by atoms with van der Waals surface area (Å²) in [4.78, 5) is 0. The molecule has 0 aromatic rings. The van der Waals surface area contributed by atoms with Gasteiger partial charge in [-0.1, -0.05) is 12.2 Å². The van der Waals surface area contributed by atoms with Gasteiger partial charge in [0, 0.05) is 25.8 Å². The molecule has 3 heteroatoms. The van der Waals surface area contributed by atoms with E-state index >= 15 is 0 Å². The lowest BCUT2D eigenvalue weighted by Gasteiger charge is -2.45. The Morgan fingerprint density at radius 3 is 2.88 bits per heavy atom. The average Bonchev–Trinajstić information content (AvgIpc) is 2.29. The first-order valence-corrected chi connectivity index (χ1v) is 6.40. The second-order valence-corrected chi connectivity index (χ2v) is 4.68. The zero-order valence-electron chi connectivity index (χ0n) is 10.3. The van der Waals surface area contributed by atoms with Crippen molar-refractivity contribution in [2.75, 3.05) is 13.7 Å². The highest BCUT2D eigenvalue weighted by Gasteiger charge is 2.42. The van der Waals surface area contributed by atoms with Gasteiger partial charge in [-0.3, -0.25) is 0 Å². The maximum absolute atomic E-state index is 5.62. The molecule has 0 saturated heterocycles. The van der Waals surface area contributed by atoms with Gasteiger partial charge < -0.3 is 14.8 Å². The fraction of sp³-hybridized carbons (Fsp3) is 0.846. The van der Waals surface area contributed by atoms with Crippen LogP contribution in [0.1, 0.15) is 32.6 Å². The molecule has 3 nitrogen and oxygen atoms in total. The molecule has 2 aliphatic rings. The lowest BCUT2D eigenvalue weighted by molar-refractivity contribution is -0.133. The van der Waals surface area contributed by atoms with Crippen molar-refractivity contribution in [2.24, 2.45) is 0 Å². The summed E-state index contributed by atoms with van der Waals surface area (Å²) in [5.41, 5.74) is 0. The van der Waals surface area contributed by atoms with E-state index < -0.39 is 0 Å². The highest BCUT2D eigenvalue weighted by atomic mass is 16.5. The molecule has 4 atom stereocenters. The van der Waals surface area contributed by atoms with Crippen LogP contribution in [0.15, 0.2) is 12.2 Å². The normalized spacial score (nSPS) is 38.4. The van der Waals surface area contributed by atoms with Crippen LogP contribution in [-0.2, 0) is 9.47 Å². The van der Waals surface area contributed by atoms with E-state index in [9.17, 15) is 0 Å². The fourth-order valence-corrected chi connectivity index (χ4v) is 2.69.